The third kappa shape index (κ3) is 3.78. The zero-order valence-electron chi connectivity index (χ0n) is 11.6. The molecule has 0 saturated carbocycles. The van der Waals surface area contributed by atoms with Crippen LogP contribution in [0.25, 0.3) is 0 Å². The lowest BCUT2D eigenvalue weighted by Gasteiger charge is -2.29. The summed E-state index contributed by atoms with van der Waals surface area (Å²) in [6.07, 6.45) is 3.74. The van der Waals surface area contributed by atoms with E-state index in [1.54, 1.807) is 6.20 Å². The van der Waals surface area contributed by atoms with E-state index in [4.69, 9.17) is 4.74 Å². The van der Waals surface area contributed by atoms with E-state index in [1.807, 2.05) is 24.9 Å². The zero-order chi connectivity index (χ0) is 13.7. The van der Waals surface area contributed by atoms with Crippen molar-refractivity contribution in [3.05, 3.63) is 18.2 Å². The number of morpholine rings is 1. The smallest absolute Gasteiger partial charge is 0.239 e. The van der Waals surface area contributed by atoms with Crippen LogP contribution in [0, 0.1) is 6.92 Å². The van der Waals surface area contributed by atoms with Crippen molar-refractivity contribution in [2.45, 2.75) is 26.4 Å². The highest BCUT2D eigenvalue weighted by atomic mass is 16.5. The number of amides is 1. The summed E-state index contributed by atoms with van der Waals surface area (Å²) in [5, 5.41) is 3.26. The van der Waals surface area contributed by atoms with Gasteiger partial charge in [-0.05, 0) is 13.8 Å². The Hall–Kier alpha value is -1.40. The maximum Gasteiger partial charge on any atom is 0.239 e. The number of carbonyl (C=O) groups excluding carboxylic acids is 1. The lowest BCUT2D eigenvalue weighted by Crippen LogP contribution is -2.49. The summed E-state index contributed by atoms with van der Waals surface area (Å²) in [7, 11) is 0. The van der Waals surface area contributed by atoms with Gasteiger partial charge < -0.3 is 19.5 Å². The van der Waals surface area contributed by atoms with Gasteiger partial charge in [-0.2, -0.15) is 0 Å². The highest BCUT2D eigenvalue weighted by Crippen LogP contribution is 2.01. The second-order valence-corrected chi connectivity index (χ2v) is 4.78. The molecule has 1 atom stereocenters. The van der Waals surface area contributed by atoms with Crippen molar-refractivity contribution in [1.29, 1.82) is 0 Å². The average Bonchev–Trinajstić information content (AvgIpc) is 2.84. The Labute approximate surface area is 113 Å². The van der Waals surface area contributed by atoms with Crippen molar-refractivity contribution < 1.29 is 9.53 Å². The number of nitrogens with one attached hydrogen (secondary N) is 1. The minimum absolute atomic E-state index is 0.151. The molecule has 1 aliphatic heterocycles. The highest BCUT2D eigenvalue weighted by Gasteiger charge is 2.21. The first kappa shape index (κ1) is 14.0. The summed E-state index contributed by atoms with van der Waals surface area (Å²) in [5.74, 6) is 1.15. The second kappa shape index (κ2) is 6.68. The van der Waals surface area contributed by atoms with Gasteiger partial charge in [0.25, 0.3) is 0 Å². The number of hydrogen-bond acceptors (Lipinski definition) is 4. The SMILES string of the molecule is Cc1nccn1CCNC(C)C(=O)N1CCOCC1. The number of hydrogen-bond donors (Lipinski definition) is 1. The van der Waals surface area contributed by atoms with Crippen molar-refractivity contribution in [3.8, 4) is 0 Å². The molecule has 1 aromatic rings. The van der Waals surface area contributed by atoms with E-state index in [0.29, 0.717) is 26.3 Å². The summed E-state index contributed by atoms with van der Waals surface area (Å²) in [5.41, 5.74) is 0. The Kier molecular flexibility index (Phi) is 4.93. The van der Waals surface area contributed by atoms with Gasteiger partial charge >= 0.3 is 0 Å². The molecule has 0 bridgehead atoms. The van der Waals surface area contributed by atoms with Crippen LogP contribution in [0.2, 0.25) is 0 Å². The minimum atomic E-state index is -0.151. The number of carbonyl (C=O) groups is 1. The first-order valence-corrected chi connectivity index (χ1v) is 6.76. The Bertz CT molecular complexity index is 413. The van der Waals surface area contributed by atoms with E-state index < -0.39 is 0 Å². The molecular formula is C13H22N4O2. The fourth-order valence-electron chi connectivity index (χ4n) is 2.19. The Morgan fingerprint density at radius 2 is 2.26 bits per heavy atom. The summed E-state index contributed by atoms with van der Waals surface area (Å²) < 4.78 is 7.32. The lowest BCUT2D eigenvalue weighted by molar-refractivity contribution is -0.137. The summed E-state index contributed by atoms with van der Waals surface area (Å²) in [6.45, 7) is 8.16. The van der Waals surface area contributed by atoms with Gasteiger partial charge in [-0.3, -0.25) is 4.79 Å². The van der Waals surface area contributed by atoms with Crippen LogP contribution in [0.15, 0.2) is 12.4 Å². The minimum Gasteiger partial charge on any atom is -0.378 e. The van der Waals surface area contributed by atoms with Crippen molar-refractivity contribution in [2.75, 3.05) is 32.8 Å². The van der Waals surface area contributed by atoms with Crippen LogP contribution in [-0.2, 0) is 16.1 Å². The maximum absolute atomic E-state index is 12.1. The molecule has 106 valence electrons. The van der Waals surface area contributed by atoms with Crippen LogP contribution >= 0.6 is 0 Å². The standard InChI is InChI=1S/C13H22N4O2/c1-11(13(18)17-7-9-19-10-8-17)14-3-5-16-6-4-15-12(16)2/h4,6,11,14H,3,5,7-10H2,1-2H3. The van der Waals surface area contributed by atoms with Crippen LogP contribution < -0.4 is 5.32 Å². The van der Waals surface area contributed by atoms with Gasteiger partial charge in [-0.1, -0.05) is 0 Å². The highest BCUT2D eigenvalue weighted by molar-refractivity contribution is 5.81. The summed E-state index contributed by atoms with van der Waals surface area (Å²) in [4.78, 5) is 18.2. The summed E-state index contributed by atoms with van der Waals surface area (Å²) >= 11 is 0. The van der Waals surface area contributed by atoms with Gasteiger partial charge in [0, 0.05) is 38.6 Å². The van der Waals surface area contributed by atoms with Crippen LogP contribution in [0.4, 0.5) is 0 Å². The molecule has 0 radical (unpaired) electrons. The topological polar surface area (TPSA) is 59.4 Å². The van der Waals surface area contributed by atoms with Crippen LogP contribution in [0.5, 0.6) is 0 Å². The molecule has 1 amide bonds. The average molecular weight is 266 g/mol. The number of imidazole rings is 1. The van der Waals surface area contributed by atoms with Gasteiger partial charge in [0.2, 0.25) is 5.91 Å². The Balaban J connectivity index is 1.73. The molecule has 0 aromatic carbocycles. The van der Waals surface area contributed by atoms with E-state index >= 15 is 0 Å². The number of aromatic nitrogens is 2. The van der Waals surface area contributed by atoms with Crippen LogP contribution in [-0.4, -0.2) is 59.2 Å². The third-order valence-corrected chi connectivity index (χ3v) is 3.42. The molecule has 1 saturated heterocycles. The van der Waals surface area contributed by atoms with Crippen molar-refractivity contribution in [3.63, 3.8) is 0 Å². The lowest BCUT2D eigenvalue weighted by atomic mass is 10.2. The number of ether oxygens (including phenoxy) is 1. The maximum atomic E-state index is 12.1. The van der Waals surface area contributed by atoms with E-state index in [9.17, 15) is 4.79 Å². The molecule has 6 heteroatoms. The van der Waals surface area contributed by atoms with Crippen LogP contribution in [0.1, 0.15) is 12.7 Å². The molecule has 1 aromatic heterocycles. The Morgan fingerprint density at radius 1 is 1.53 bits per heavy atom. The molecule has 6 nitrogen and oxygen atoms in total. The molecule has 1 unspecified atom stereocenters. The van der Waals surface area contributed by atoms with Gasteiger partial charge in [0.1, 0.15) is 5.82 Å². The van der Waals surface area contributed by atoms with E-state index in [1.165, 1.54) is 0 Å². The van der Waals surface area contributed by atoms with E-state index in [2.05, 4.69) is 14.9 Å². The molecule has 0 spiro atoms. The quantitative estimate of drug-likeness (QED) is 0.817. The summed E-state index contributed by atoms with van der Waals surface area (Å²) in [6, 6.07) is -0.151. The normalized spacial score (nSPS) is 17.5. The number of nitrogens with zero attached hydrogens (tertiary/aromatic N) is 3. The van der Waals surface area contributed by atoms with Crippen molar-refractivity contribution in [1.82, 2.24) is 19.8 Å². The molecule has 1 N–H and O–H groups in total. The number of aryl methyl sites for hydroxylation is 1. The molecular weight excluding hydrogens is 244 g/mol. The van der Waals surface area contributed by atoms with E-state index in [-0.39, 0.29) is 11.9 Å². The van der Waals surface area contributed by atoms with Gasteiger partial charge in [-0.15, -0.1) is 0 Å². The molecule has 1 fully saturated rings. The van der Waals surface area contributed by atoms with Crippen molar-refractivity contribution in [2.24, 2.45) is 0 Å². The molecule has 19 heavy (non-hydrogen) atoms. The predicted molar refractivity (Wildman–Crippen MR) is 71.8 cm³/mol. The first-order chi connectivity index (χ1) is 9.18. The fourth-order valence-corrected chi connectivity index (χ4v) is 2.19. The molecule has 2 heterocycles. The third-order valence-electron chi connectivity index (χ3n) is 3.42. The zero-order valence-corrected chi connectivity index (χ0v) is 11.6. The second-order valence-electron chi connectivity index (χ2n) is 4.78. The van der Waals surface area contributed by atoms with E-state index in [0.717, 1.165) is 18.9 Å². The Morgan fingerprint density at radius 3 is 2.89 bits per heavy atom. The molecule has 1 aliphatic rings. The van der Waals surface area contributed by atoms with Gasteiger partial charge in [-0.25, -0.2) is 4.98 Å². The largest absolute Gasteiger partial charge is 0.378 e. The predicted octanol–water partition coefficient (Wildman–Crippen LogP) is 0.0284. The number of rotatable bonds is 5. The van der Waals surface area contributed by atoms with Crippen LogP contribution in [0.3, 0.4) is 0 Å². The molecule has 0 aliphatic carbocycles. The van der Waals surface area contributed by atoms with Gasteiger partial charge in [0.05, 0.1) is 19.3 Å². The first-order valence-electron chi connectivity index (χ1n) is 6.76. The molecule has 2 rings (SSSR count). The monoisotopic (exact) mass is 266 g/mol. The van der Waals surface area contributed by atoms with Gasteiger partial charge in [0.15, 0.2) is 0 Å². The van der Waals surface area contributed by atoms with Crippen molar-refractivity contribution >= 4 is 5.91 Å². The fraction of sp³-hybridized carbons (Fsp3) is 0.692.